The predicted octanol–water partition coefficient (Wildman–Crippen LogP) is 3.87. The molecule has 0 aliphatic heterocycles. The normalized spacial score (nSPS) is 12.2. The molecule has 31 heavy (non-hydrogen) atoms. The number of aromatic nitrogens is 3. The number of carbonyl (C=O) groups is 1. The van der Waals surface area contributed by atoms with Crippen molar-refractivity contribution in [3.8, 4) is 16.8 Å². The maximum Gasteiger partial charge on any atom is 0.296 e. The standard InChI is InChI=1S/C26H17N3O2/c30-25-19-10-5-4-9-18(19)23-22-20(25)11-6-12-21(22)27-26(31)24(23)29-14-13-28(16-29)15-17-7-2-1-3-8-17/h1-14,16H,15H2/p+1. The van der Waals surface area contributed by atoms with E-state index in [1.807, 2.05) is 88.5 Å². The lowest BCUT2D eigenvalue weighted by atomic mass is 9.83. The van der Waals surface area contributed by atoms with E-state index in [2.05, 4.69) is 17.1 Å². The van der Waals surface area contributed by atoms with Crippen molar-refractivity contribution in [1.82, 2.24) is 9.55 Å². The second kappa shape index (κ2) is 6.64. The fourth-order valence-electron chi connectivity index (χ4n) is 4.50. The molecule has 0 fully saturated rings. The minimum absolute atomic E-state index is 0.0154. The summed E-state index contributed by atoms with van der Waals surface area (Å²) >= 11 is 0. The Morgan fingerprint density at radius 1 is 0.806 bits per heavy atom. The second-order valence-electron chi connectivity index (χ2n) is 7.76. The first kappa shape index (κ1) is 17.6. The molecule has 0 atom stereocenters. The van der Waals surface area contributed by atoms with E-state index in [0.29, 0.717) is 28.9 Å². The Labute approximate surface area is 177 Å². The van der Waals surface area contributed by atoms with Gasteiger partial charge in [0, 0.05) is 27.6 Å². The lowest BCUT2D eigenvalue weighted by Crippen LogP contribution is -2.32. The molecule has 0 spiro atoms. The van der Waals surface area contributed by atoms with Gasteiger partial charge in [0.2, 0.25) is 12.0 Å². The lowest BCUT2D eigenvalue weighted by Gasteiger charge is -2.20. The van der Waals surface area contributed by atoms with Crippen molar-refractivity contribution in [3.63, 3.8) is 0 Å². The Hall–Kier alpha value is -4.25. The van der Waals surface area contributed by atoms with Crippen LogP contribution in [0.15, 0.2) is 96.3 Å². The summed E-state index contributed by atoms with van der Waals surface area (Å²) in [6, 6.07) is 23.2. The van der Waals surface area contributed by atoms with Crippen LogP contribution in [0.3, 0.4) is 0 Å². The molecule has 0 unspecified atom stereocenters. The van der Waals surface area contributed by atoms with Crippen molar-refractivity contribution >= 4 is 16.7 Å². The van der Waals surface area contributed by atoms with E-state index in [-0.39, 0.29) is 11.3 Å². The number of hydrogen-bond donors (Lipinski definition) is 1. The first-order valence-electron chi connectivity index (χ1n) is 10.1. The number of aromatic amines is 1. The van der Waals surface area contributed by atoms with Crippen molar-refractivity contribution in [2.45, 2.75) is 6.54 Å². The third-order valence-electron chi connectivity index (χ3n) is 5.86. The molecule has 5 aromatic rings. The number of pyridine rings is 1. The minimum Gasteiger partial charge on any atom is -0.318 e. The van der Waals surface area contributed by atoms with Gasteiger partial charge in [0.05, 0.1) is 0 Å². The second-order valence-corrected chi connectivity index (χ2v) is 7.76. The fraction of sp³-hybridized carbons (Fsp3) is 0.0385. The van der Waals surface area contributed by atoms with E-state index in [1.165, 1.54) is 5.56 Å². The van der Waals surface area contributed by atoms with Crippen LogP contribution in [0.5, 0.6) is 0 Å². The maximum atomic E-state index is 13.2. The molecule has 6 rings (SSSR count). The Morgan fingerprint density at radius 2 is 1.55 bits per heavy atom. The van der Waals surface area contributed by atoms with Crippen LogP contribution in [-0.2, 0) is 6.54 Å². The smallest absolute Gasteiger partial charge is 0.296 e. The largest absolute Gasteiger partial charge is 0.318 e. The maximum absolute atomic E-state index is 13.2. The zero-order valence-electron chi connectivity index (χ0n) is 16.6. The van der Waals surface area contributed by atoms with Gasteiger partial charge >= 0.3 is 0 Å². The van der Waals surface area contributed by atoms with Crippen LogP contribution < -0.4 is 10.1 Å². The van der Waals surface area contributed by atoms with Crippen molar-refractivity contribution in [2.75, 3.05) is 0 Å². The molecule has 0 saturated carbocycles. The molecule has 3 aromatic carbocycles. The van der Waals surface area contributed by atoms with Crippen molar-refractivity contribution in [1.29, 1.82) is 0 Å². The van der Waals surface area contributed by atoms with Gasteiger partial charge in [0.25, 0.3) is 5.56 Å². The molecule has 5 nitrogen and oxygen atoms in total. The number of imidazole rings is 1. The molecule has 5 heteroatoms. The Kier molecular flexibility index (Phi) is 3.77. The predicted molar refractivity (Wildman–Crippen MR) is 119 cm³/mol. The first-order chi connectivity index (χ1) is 15.2. The summed E-state index contributed by atoms with van der Waals surface area (Å²) in [5.74, 6) is -0.0154. The summed E-state index contributed by atoms with van der Waals surface area (Å²) in [7, 11) is 0. The van der Waals surface area contributed by atoms with Crippen LogP contribution >= 0.6 is 0 Å². The minimum atomic E-state index is -0.189. The molecule has 2 aromatic heterocycles. The molecular formula is C26H18N3O2+. The highest BCUT2D eigenvalue weighted by Crippen LogP contribution is 2.40. The summed E-state index contributed by atoms with van der Waals surface area (Å²) in [4.78, 5) is 29.3. The molecule has 1 N–H and O–H groups in total. The van der Waals surface area contributed by atoms with Gasteiger partial charge in [-0.05, 0) is 17.2 Å². The van der Waals surface area contributed by atoms with Gasteiger partial charge in [0.1, 0.15) is 18.9 Å². The number of H-pyrrole nitrogens is 1. The van der Waals surface area contributed by atoms with E-state index in [4.69, 9.17) is 0 Å². The van der Waals surface area contributed by atoms with E-state index in [9.17, 15) is 9.59 Å². The van der Waals surface area contributed by atoms with Crippen molar-refractivity contribution in [3.05, 3.63) is 119 Å². The van der Waals surface area contributed by atoms with Crippen LogP contribution in [0, 0.1) is 0 Å². The highest BCUT2D eigenvalue weighted by atomic mass is 16.1. The molecule has 0 amide bonds. The SMILES string of the molecule is O=C1c2ccccc2-c2c(-n3cc[n+](Cc4ccccc4)c3)c(=O)[nH]c3cccc1c23. The third kappa shape index (κ3) is 2.67. The summed E-state index contributed by atoms with van der Waals surface area (Å²) in [5.41, 5.74) is 5.02. The number of ketones is 1. The summed E-state index contributed by atoms with van der Waals surface area (Å²) in [5, 5.41) is 0.795. The number of nitrogens with zero attached hydrogens (tertiary/aromatic N) is 2. The Morgan fingerprint density at radius 3 is 2.39 bits per heavy atom. The molecule has 2 heterocycles. The summed E-state index contributed by atoms with van der Waals surface area (Å²) in [6.07, 6.45) is 5.76. The topological polar surface area (TPSA) is 58.7 Å². The zero-order chi connectivity index (χ0) is 20.9. The average molecular weight is 404 g/mol. The molecule has 0 bridgehead atoms. The van der Waals surface area contributed by atoms with E-state index >= 15 is 0 Å². The van der Waals surface area contributed by atoms with Gasteiger partial charge in [-0.1, -0.05) is 66.7 Å². The number of nitrogens with one attached hydrogen (secondary N) is 1. The van der Waals surface area contributed by atoms with Crippen LogP contribution in [-0.4, -0.2) is 15.3 Å². The van der Waals surface area contributed by atoms with Gasteiger partial charge in [0.15, 0.2) is 5.78 Å². The Bertz CT molecular complexity index is 1540. The van der Waals surface area contributed by atoms with Crippen molar-refractivity contribution in [2.24, 2.45) is 0 Å². The van der Waals surface area contributed by atoms with Crippen LogP contribution in [0.2, 0.25) is 0 Å². The van der Waals surface area contributed by atoms with E-state index < -0.39 is 0 Å². The van der Waals surface area contributed by atoms with Gasteiger partial charge < -0.3 is 4.98 Å². The lowest BCUT2D eigenvalue weighted by molar-refractivity contribution is -0.687. The van der Waals surface area contributed by atoms with Gasteiger partial charge in [-0.2, -0.15) is 4.57 Å². The number of benzene rings is 3. The monoisotopic (exact) mass is 404 g/mol. The van der Waals surface area contributed by atoms with Gasteiger partial charge in [-0.15, -0.1) is 0 Å². The number of carbonyl (C=O) groups excluding carboxylic acids is 1. The average Bonchev–Trinajstić information content (AvgIpc) is 3.25. The number of hydrogen-bond acceptors (Lipinski definition) is 2. The van der Waals surface area contributed by atoms with Crippen LogP contribution in [0.25, 0.3) is 27.7 Å². The number of fused-ring (bicyclic) bond motifs is 2. The molecule has 0 saturated heterocycles. The van der Waals surface area contributed by atoms with Gasteiger partial charge in [-0.25, -0.2) is 4.57 Å². The first-order valence-corrected chi connectivity index (χ1v) is 10.1. The highest BCUT2D eigenvalue weighted by Gasteiger charge is 2.31. The zero-order valence-corrected chi connectivity index (χ0v) is 16.6. The molecule has 1 aliphatic rings. The van der Waals surface area contributed by atoms with Crippen LogP contribution in [0.4, 0.5) is 0 Å². The highest BCUT2D eigenvalue weighted by molar-refractivity contribution is 6.26. The van der Waals surface area contributed by atoms with Gasteiger partial charge in [-0.3, -0.25) is 9.59 Å². The fourth-order valence-corrected chi connectivity index (χ4v) is 4.50. The summed E-state index contributed by atoms with van der Waals surface area (Å²) < 4.78 is 3.89. The Balaban J connectivity index is 1.61. The quantitative estimate of drug-likeness (QED) is 0.455. The molecule has 1 aliphatic carbocycles. The van der Waals surface area contributed by atoms with Crippen LogP contribution in [0.1, 0.15) is 21.5 Å². The third-order valence-corrected chi connectivity index (χ3v) is 5.86. The molecule has 148 valence electrons. The van der Waals surface area contributed by atoms with E-state index in [1.54, 1.807) is 0 Å². The van der Waals surface area contributed by atoms with Crippen molar-refractivity contribution < 1.29 is 9.36 Å². The molecule has 0 radical (unpaired) electrons. The van der Waals surface area contributed by atoms with E-state index in [0.717, 1.165) is 16.5 Å². The summed E-state index contributed by atoms with van der Waals surface area (Å²) in [6.45, 7) is 0.703. The molecular weight excluding hydrogens is 386 g/mol. The number of rotatable bonds is 3.